The van der Waals surface area contributed by atoms with Gasteiger partial charge in [0.15, 0.2) is 5.78 Å². The minimum atomic E-state index is -0.458. The third kappa shape index (κ3) is 5.52. The molecule has 0 saturated carbocycles. The van der Waals surface area contributed by atoms with E-state index in [1.54, 1.807) is 31.3 Å². The number of hydrogen-bond acceptors (Lipinski definition) is 5. The Labute approximate surface area is 167 Å². The Bertz CT molecular complexity index is 1030. The van der Waals surface area contributed by atoms with Crippen molar-refractivity contribution in [1.29, 1.82) is 0 Å². The molecule has 29 heavy (non-hydrogen) atoms. The fourth-order valence-electron chi connectivity index (χ4n) is 2.70. The second kappa shape index (κ2) is 8.83. The van der Waals surface area contributed by atoms with Gasteiger partial charge in [0.2, 0.25) is 11.8 Å². The smallest absolute Gasteiger partial charge is 0.232 e. The Morgan fingerprint density at radius 1 is 0.966 bits per heavy atom. The number of rotatable bonds is 7. The summed E-state index contributed by atoms with van der Waals surface area (Å²) in [6, 6.07) is 17.4. The van der Waals surface area contributed by atoms with Gasteiger partial charge in [-0.25, -0.2) is 0 Å². The van der Waals surface area contributed by atoms with Crippen molar-refractivity contribution in [1.82, 2.24) is 9.78 Å². The molecule has 148 valence electrons. The van der Waals surface area contributed by atoms with Crippen molar-refractivity contribution in [2.45, 2.75) is 12.8 Å². The first-order valence-corrected chi connectivity index (χ1v) is 8.97. The van der Waals surface area contributed by atoms with Gasteiger partial charge in [-0.2, -0.15) is 5.10 Å². The lowest BCUT2D eigenvalue weighted by Crippen LogP contribution is -2.17. The highest BCUT2D eigenvalue weighted by Gasteiger charge is 2.18. The minimum absolute atomic E-state index is 0.106. The maximum Gasteiger partial charge on any atom is 0.232 e. The molecule has 3 rings (SSSR count). The number of benzene rings is 2. The van der Waals surface area contributed by atoms with Crippen LogP contribution < -0.4 is 16.4 Å². The zero-order valence-corrected chi connectivity index (χ0v) is 15.9. The van der Waals surface area contributed by atoms with Crippen LogP contribution in [0.1, 0.15) is 22.5 Å². The van der Waals surface area contributed by atoms with Crippen molar-refractivity contribution in [3.63, 3.8) is 0 Å². The van der Waals surface area contributed by atoms with Crippen LogP contribution in [0, 0.1) is 0 Å². The first kappa shape index (κ1) is 19.8. The summed E-state index contributed by atoms with van der Waals surface area (Å²) >= 11 is 0. The number of aryl methyl sites for hydroxylation is 1. The van der Waals surface area contributed by atoms with E-state index in [1.807, 2.05) is 30.3 Å². The number of nitrogens with one attached hydrogen (secondary N) is 2. The fraction of sp³-hybridized carbons (Fsp3) is 0.143. The number of Topliss-reactive ketones (excluding diaryl/α,β-unsaturated/α-hetero) is 1. The molecular weight excluding hydrogens is 370 g/mol. The summed E-state index contributed by atoms with van der Waals surface area (Å²) in [6.07, 6.45) is -0.155. The van der Waals surface area contributed by atoms with Gasteiger partial charge in [-0.3, -0.25) is 19.1 Å². The molecule has 1 aromatic heterocycles. The molecule has 3 aromatic rings. The Morgan fingerprint density at radius 2 is 1.66 bits per heavy atom. The lowest BCUT2D eigenvalue weighted by atomic mass is 10.1. The molecule has 0 bridgehead atoms. The van der Waals surface area contributed by atoms with Crippen LogP contribution in [0.2, 0.25) is 0 Å². The molecule has 0 atom stereocenters. The van der Waals surface area contributed by atoms with Gasteiger partial charge in [-0.1, -0.05) is 30.3 Å². The molecule has 2 amide bonds. The van der Waals surface area contributed by atoms with Gasteiger partial charge >= 0.3 is 0 Å². The van der Waals surface area contributed by atoms with Gasteiger partial charge in [0, 0.05) is 24.5 Å². The molecule has 4 N–H and O–H groups in total. The van der Waals surface area contributed by atoms with Crippen molar-refractivity contribution in [3.8, 4) is 0 Å². The number of aromatic nitrogens is 2. The highest BCUT2D eigenvalue weighted by molar-refractivity contribution is 6.10. The van der Waals surface area contributed by atoms with E-state index in [1.165, 1.54) is 10.7 Å². The summed E-state index contributed by atoms with van der Waals surface area (Å²) in [6.45, 7) is 0. The normalized spacial score (nSPS) is 10.4. The minimum Gasteiger partial charge on any atom is -0.399 e. The number of anilines is 3. The van der Waals surface area contributed by atoms with Crippen molar-refractivity contribution in [2.75, 3.05) is 16.4 Å². The molecule has 0 unspecified atom stereocenters. The van der Waals surface area contributed by atoms with E-state index in [0.29, 0.717) is 17.2 Å². The number of amides is 2. The monoisotopic (exact) mass is 391 g/mol. The van der Waals surface area contributed by atoms with E-state index >= 15 is 0 Å². The van der Waals surface area contributed by atoms with E-state index in [-0.39, 0.29) is 24.4 Å². The van der Waals surface area contributed by atoms with Gasteiger partial charge in [-0.05, 0) is 29.8 Å². The fourth-order valence-corrected chi connectivity index (χ4v) is 2.70. The van der Waals surface area contributed by atoms with Crippen LogP contribution in [0.3, 0.4) is 0 Å². The molecule has 0 radical (unpaired) electrons. The number of nitrogens with two attached hydrogens (primary N) is 1. The first-order chi connectivity index (χ1) is 13.9. The largest absolute Gasteiger partial charge is 0.399 e. The molecule has 8 nitrogen and oxygen atoms in total. The zero-order chi connectivity index (χ0) is 20.8. The van der Waals surface area contributed by atoms with Gasteiger partial charge in [0.25, 0.3) is 0 Å². The van der Waals surface area contributed by atoms with E-state index in [0.717, 1.165) is 5.56 Å². The lowest BCUT2D eigenvalue weighted by molar-refractivity contribution is -0.116. The van der Waals surface area contributed by atoms with Crippen LogP contribution >= 0.6 is 0 Å². The van der Waals surface area contributed by atoms with Crippen molar-refractivity contribution in [2.24, 2.45) is 7.05 Å². The molecular formula is C21H21N5O3. The highest BCUT2D eigenvalue weighted by atomic mass is 16.2. The maximum absolute atomic E-state index is 12.4. The predicted octanol–water partition coefficient (Wildman–Crippen LogP) is 2.39. The van der Waals surface area contributed by atoms with Crippen LogP contribution in [0.15, 0.2) is 60.7 Å². The van der Waals surface area contributed by atoms with E-state index in [4.69, 9.17) is 5.73 Å². The molecule has 0 spiro atoms. The SMILES string of the molecule is Cn1nc(C(=O)CC(=O)Nc2ccc(N)cc2)cc1NC(=O)Cc1ccccc1. The second-order valence-corrected chi connectivity index (χ2v) is 6.52. The summed E-state index contributed by atoms with van der Waals surface area (Å²) in [5.74, 6) is -0.746. The molecule has 8 heteroatoms. The molecule has 1 heterocycles. The average Bonchev–Trinajstić information content (AvgIpc) is 3.05. The maximum atomic E-state index is 12.4. The topological polar surface area (TPSA) is 119 Å². The molecule has 0 aliphatic carbocycles. The van der Waals surface area contributed by atoms with Crippen LogP contribution in [0.25, 0.3) is 0 Å². The summed E-state index contributed by atoms with van der Waals surface area (Å²) in [5.41, 5.74) is 7.71. The summed E-state index contributed by atoms with van der Waals surface area (Å²) in [5, 5.41) is 9.46. The van der Waals surface area contributed by atoms with Gasteiger partial charge in [0.1, 0.15) is 11.5 Å². The van der Waals surface area contributed by atoms with Gasteiger partial charge in [0.05, 0.1) is 12.8 Å². The zero-order valence-electron chi connectivity index (χ0n) is 15.9. The first-order valence-electron chi connectivity index (χ1n) is 8.97. The highest BCUT2D eigenvalue weighted by Crippen LogP contribution is 2.14. The Morgan fingerprint density at radius 3 is 2.34 bits per heavy atom. The summed E-state index contributed by atoms with van der Waals surface area (Å²) in [7, 11) is 1.61. The number of carbonyl (C=O) groups excluding carboxylic acids is 3. The van der Waals surface area contributed by atoms with Crippen molar-refractivity contribution < 1.29 is 14.4 Å². The summed E-state index contributed by atoms with van der Waals surface area (Å²) in [4.78, 5) is 36.7. The molecule has 2 aromatic carbocycles. The Hall–Kier alpha value is -3.94. The number of nitrogen functional groups attached to an aromatic ring is 1. The van der Waals surface area contributed by atoms with E-state index in [9.17, 15) is 14.4 Å². The Kier molecular flexibility index (Phi) is 6.03. The third-order valence-electron chi connectivity index (χ3n) is 4.16. The van der Waals surface area contributed by atoms with Crippen molar-refractivity contribution in [3.05, 3.63) is 71.9 Å². The van der Waals surface area contributed by atoms with Crippen LogP contribution in [-0.4, -0.2) is 27.4 Å². The average molecular weight is 391 g/mol. The Balaban J connectivity index is 1.58. The number of ketones is 1. The molecule has 0 saturated heterocycles. The van der Waals surface area contributed by atoms with Crippen LogP contribution in [0.4, 0.5) is 17.2 Å². The number of nitrogens with zero attached hydrogens (tertiary/aromatic N) is 2. The summed E-state index contributed by atoms with van der Waals surface area (Å²) < 4.78 is 1.40. The quantitative estimate of drug-likeness (QED) is 0.325. The van der Waals surface area contributed by atoms with E-state index in [2.05, 4.69) is 15.7 Å². The second-order valence-electron chi connectivity index (χ2n) is 6.52. The van der Waals surface area contributed by atoms with Crippen LogP contribution in [0.5, 0.6) is 0 Å². The molecule has 0 aliphatic rings. The van der Waals surface area contributed by atoms with E-state index < -0.39 is 11.7 Å². The number of hydrogen-bond donors (Lipinski definition) is 3. The number of carbonyl (C=O) groups is 3. The molecule has 0 aliphatic heterocycles. The van der Waals surface area contributed by atoms with Gasteiger partial charge < -0.3 is 16.4 Å². The van der Waals surface area contributed by atoms with Gasteiger partial charge in [-0.15, -0.1) is 0 Å². The standard InChI is InChI=1S/C21H21N5O3/c1-26-19(24-20(28)11-14-5-3-2-4-6-14)12-17(25-26)18(27)13-21(29)23-16-9-7-15(22)8-10-16/h2-10,12H,11,13,22H2,1H3,(H,23,29)(H,24,28). The molecule has 0 fully saturated rings. The van der Waals surface area contributed by atoms with Crippen molar-refractivity contribution >= 4 is 34.8 Å². The van der Waals surface area contributed by atoms with Crippen LogP contribution in [-0.2, 0) is 23.1 Å². The predicted molar refractivity (Wildman–Crippen MR) is 110 cm³/mol. The third-order valence-corrected chi connectivity index (χ3v) is 4.16. The lowest BCUT2D eigenvalue weighted by Gasteiger charge is -2.04.